The molecule has 0 spiro atoms. The topological polar surface area (TPSA) is 75.5 Å². The van der Waals surface area contributed by atoms with Gasteiger partial charge in [-0.25, -0.2) is 4.98 Å². The van der Waals surface area contributed by atoms with Gasteiger partial charge in [0.15, 0.2) is 0 Å². The fourth-order valence-corrected chi connectivity index (χ4v) is 5.56. The Hall–Kier alpha value is -3.65. The van der Waals surface area contributed by atoms with Gasteiger partial charge in [-0.2, -0.15) is 5.10 Å². The number of nitrogens with zero attached hydrogens (tertiary/aromatic N) is 5. The number of carbonyl (C=O) groups is 1. The zero-order valence-corrected chi connectivity index (χ0v) is 20.2. The molecule has 8 heteroatoms. The summed E-state index contributed by atoms with van der Waals surface area (Å²) in [5, 5.41) is 7.89. The maximum Gasteiger partial charge on any atom is 0.246 e. The Labute approximate surface area is 205 Å². The highest BCUT2D eigenvalue weighted by Gasteiger charge is 2.38. The molecule has 6 rings (SSSR count). The molecule has 2 aromatic heterocycles. The largest absolute Gasteiger partial charge is 0.486 e. The van der Waals surface area contributed by atoms with Crippen molar-refractivity contribution in [2.45, 2.75) is 31.9 Å². The van der Waals surface area contributed by atoms with Crippen molar-refractivity contribution < 1.29 is 9.53 Å². The fourth-order valence-electron chi connectivity index (χ4n) is 5.56. The van der Waals surface area contributed by atoms with Crippen molar-refractivity contribution in [3.8, 4) is 16.9 Å². The van der Waals surface area contributed by atoms with Crippen molar-refractivity contribution in [3.05, 3.63) is 66.1 Å². The van der Waals surface area contributed by atoms with Crippen LogP contribution in [-0.2, 0) is 18.4 Å². The standard InChI is InChI=1S/C27H30N6O2/c1-4-25(34)32-8-6-21(15-32)33-13-20(14-33)18-9-17(2)26-24(10-18)30-27-23(16-35-26)22(5-7-28-27)19-11-29-31(3)12-19/h4-5,7,9-12,20-21H,1,6,8,13-16H2,2-3H3,(H,28,30)/t21-/m1/s1. The van der Waals surface area contributed by atoms with Crippen molar-refractivity contribution in [2.75, 3.05) is 31.5 Å². The maximum absolute atomic E-state index is 11.9. The van der Waals surface area contributed by atoms with Crippen LogP contribution in [0, 0.1) is 6.92 Å². The number of aryl methyl sites for hydroxylation is 2. The SMILES string of the molecule is C=CC(=O)N1CC[C@@H](N2CC(c3cc(C)c4c(c3)Nc3nccc(-c5cnn(C)c5)c3CO4)C2)C1. The van der Waals surface area contributed by atoms with Crippen LogP contribution >= 0.6 is 0 Å². The van der Waals surface area contributed by atoms with Gasteiger partial charge in [-0.3, -0.25) is 14.4 Å². The molecule has 5 heterocycles. The molecule has 3 aliphatic rings. The summed E-state index contributed by atoms with van der Waals surface area (Å²) in [5.41, 5.74) is 6.58. The molecule has 0 saturated carbocycles. The Kier molecular flexibility index (Phi) is 5.33. The van der Waals surface area contributed by atoms with E-state index in [2.05, 4.69) is 45.9 Å². The monoisotopic (exact) mass is 470 g/mol. The van der Waals surface area contributed by atoms with Gasteiger partial charge in [0.05, 0.1) is 11.9 Å². The number of likely N-dealkylation sites (tertiary alicyclic amines) is 2. The first kappa shape index (κ1) is 21.9. The van der Waals surface area contributed by atoms with Crippen molar-refractivity contribution in [2.24, 2.45) is 7.05 Å². The van der Waals surface area contributed by atoms with Crippen molar-refractivity contribution in [1.29, 1.82) is 0 Å². The van der Waals surface area contributed by atoms with Crippen LogP contribution in [0.25, 0.3) is 11.1 Å². The Morgan fingerprint density at radius 2 is 2.14 bits per heavy atom. The van der Waals surface area contributed by atoms with Gasteiger partial charge in [-0.15, -0.1) is 0 Å². The van der Waals surface area contributed by atoms with Crippen LogP contribution in [0.1, 0.15) is 29.0 Å². The second kappa shape index (κ2) is 8.53. The number of hydrogen-bond acceptors (Lipinski definition) is 6. The van der Waals surface area contributed by atoms with E-state index in [0.29, 0.717) is 18.6 Å². The van der Waals surface area contributed by atoms with E-state index in [1.807, 2.05) is 36.6 Å². The molecule has 8 nitrogen and oxygen atoms in total. The first-order valence-corrected chi connectivity index (χ1v) is 12.2. The number of anilines is 2. The van der Waals surface area contributed by atoms with Crippen LogP contribution in [0.5, 0.6) is 5.75 Å². The van der Waals surface area contributed by atoms with E-state index in [1.54, 1.807) is 4.68 Å². The number of amides is 1. The van der Waals surface area contributed by atoms with Crippen LogP contribution in [0.3, 0.4) is 0 Å². The van der Waals surface area contributed by atoms with Gasteiger partial charge in [0.25, 0.3) is 0 Å². The van der Waals surface area contributed by atoms with E-state index in [1.165, 1.54) is 11.6 Å². The summed E-state index contributed by atoms with van der Waals surface area (Å²) in [6.45, 7) is 9.83. The summed E-state index contributed by atoms with van der Waals surface area (Å²) in [6, 6.07) is 6.95. The number of pyridine rings is 1. The molecule has 3 aliphatic heterocycles. The molecule has 0 aliphatic carbocycles. The van der Waals surface area contributed by atoms with Crippen LogP contribution in [0.4, 0.5) is 11.5 Å². The van der Waals surface area contributed by atoms with Gasteiger partial charge >= 0.3 is 0 Å². The van der Waals surface area contributed by atoms with Crippen LogP contribution in [-0.4, -0.2) is 62.7 Å². The van der Waals surface area contributed by atoms with Crippen LogP contribution in [0.2, 0.25) is 0 Å². The Morgan fingerprint density at radius 3 is 2.91 bits per heavy atom. The Morgan fingerprint density at radius 1 is 1.29 bits per heavy atom. The summed E-state index contributed by atoms with van der Waals surface area (Å²) in [5.74, 6) is 2.23. The van der Waals surface area contributed by atoms with E-state index in [9.17, 15) is 4.79 Å². The molecule has 2 fully saturated rings. The number of fused-ring (bicyclic) bond motifs is 2. The van der Waals surface area contributed by atoms with Gasteiger partial charge < -0.3 is 15.0 Å². The van der Waals surface area contributed by atoms with Crippen molar-refractivity contribution >= 4 is 17.4 Å². The molecule has 180 valence electrons. The van der Waals surface area contributed by atoms with E-state index >= 15 is 0 Å². The smallest absolute Gasteiger partial charge is 0.246 e. The summed E-state index contributed by atoms with van der Waals surface area (Å²) >= 11 is 0. The lowest BCUT2D eigenvalue weighted by Crippen LogP contribution is -2.51. The molecule has 0 radical (unpaired) electrons. The highest BCUT2D eigenvalue weighted by atomic mass is 16.5. The lowest BCUT2D eigenvalue weighted by Gasteiger charge is -2.43. The number of nitrogens with one attached hydrogen (secondary N) is 1. The number of aromatic nitrogens is 3. The summed E-state index contributed by atoms with van der Waals surface area (Å²) in [4.78, 5) is 21.0. The molecular weight excluding hydrogens is 440 g/mol. The lowest BCUT2D eigenvalue weighted by atomic mass is 9.88. The predicted octanol–water partition coefficient (Wildman–Crippen LogP) is 3.61. The third kappa shape index (κ3) is 3.87. The minimum absolute atomic E-state index is 0.0394. The third-order valence-corrected chi connectivity index (χ3v) is 7.53. The highest BCUT2D eigenvalue weighted by Crippen LogP contribution is 2.42. The number of ether oxygens (including phenoxy) is 1. The quantitative estimate of drug-likeness (QED) is 0.587. The maximum atomic E-state index is 11.9. The normalized spacial score (nSPS) is 19.7. The summed E-state index contributed by atoms with van der Waals surface area (Å²) in [7, 11) is 1.92. The average molecular weight is 471 g/mol. The van der Waals surface area contributed by atoms with E-state index in [-0.39, 0.29) is 5.91 Å². The minimum atomic E-state index is 0.0394. The molecule has 3 aromatic rings. The van der Waals surface area contributed by atoms with Crippen molar-refractivity contribution in [3.63, 3.8) is 0 Å². The summed E-state index contributed by atoms with van der Waals surface area (Å²) in [6.07, 6.45) is 8.17. The number of carbonyl (C=O) groups excluding carboxylic acids is 1. The van der Waals surface area contributed by atoms with Gasteiger partial charge in [0, 0.05) is 68.7 Å². The first-order chi connectivity index (χ1) is 17.0. The number of rotatable bonds is 4. The van der Waals surface area contributed by atoms with E-state index < -0.39 is 0 Å². The van der Waals surface area contributed by atoms with E-state index in [4.69, 9.17) is 4.74 Å². The Bertz CT molecular complexity index is 1310. The third-order valence-electron chi connectivity index (χ3n) is 7.53. The Balaban J connectivity index is 1.21. The van der Waals surface area contributed by atoms with Gasteiger partial charge in [-0.1, -0.05) is 12.6 Å². The predicted molar refractivity (Wildman–Crippen MR) is 135 cm³/mol. The molecule has 1 aromatic carbocycles. The van der Waals surface area contributed by atoms with Crippen LogP contribution < -0.4 is 10.1 Å². The van der Waals surface area contributed by atoms with E-state index in [0.717, 1.165) is 72.1 Å². The zero-order valence-electron chi connectivity index (χ0n) is 20.2. The number of hydrogen-bond donors (Lipinski definition) is 1. The molecule has 1 N–H and O–H groups in total. The minimum Gasteiger partial charge on any atom is -0.486 e. The zero-order chi connectivity index (χ0) is 24.1. The average Bonchev–Trinajstić information content (AvgIpc) is 3.42. The first-order valence-electron chi connectivity index (χ1n) is 12.2. The van der Waals surface area contributed by atoms with Gasteiger partial charge in [0.2, 0.25) is 5.91 Å². The van der Waals surface area contributed by atoms with Gasteiger partial charge in [-0.05, 0) is 48.2 Å². The van der Waals surface area contributed by atoms with Crippen LogP contribution in [0.15, 0.2) is 49.4 Å². The molecule has 35 heavy (non-hydrogen) atoms. The molecule has 1 atom stereocenters. The fraction of sp³-hybridized carbons (Fsp3) is 0.370. The van der Waals surface area contributed by atoms with Gasteiger partial charge in [0.1, 0.15) is 18.2 Å². The molecule has 0 bridgehead atoms. The lowest BCUT2D eigenvalue weighted by molar-refractivity contribution is -0.125. The highest BCUT2D eigenvalue weighted by molar-refractivity contribution is 5.87. The summed E-state index contributed by atoms with van der Waals surface area (Å²) < 4.78 is 8.13. The number of benzene rings is 1. The molecule has 1 amide bonds. The second-order valence-electron chi connectivity index (χ2n) is 9.80. The second-order valence-corrected chi connectivity index (χ2v) is 9.80. The van der Waals surface area contributed by atoms with Crippen molar-refractivity contribution in [1.82, 2.24) is 24.6 Å². The molecule has 0 unspecified atom stereocenters. The molecule has 2 saturated heterocycles. The molecular formula is C27H30N6O2.